The summed E-state index contributed by atoms with van der Waals surface area (Å²) in [5.41, 5.74) is 1.80. The minimum atomic E-state index is -0.998. The first-order valence-corrected chi connectivity index (χ1v) is 5.73. The van der Waals surface area contributed by atoms with E-state index in [4.69, 9.17) is 5.11 Å². The van der Waals surface area contributed by atoms with E-state index in [0.717, 1.165) is 11.4 Å². The zero-order valence-electron chi connectivity index (χ0n) is 8.51. The standard InChI is InChI=1S/C11H9IN2O2/c1-7-9(12)10(11(15)16)13-14(7)8-5-3-2-4-6-8/h2-6H,1H3,(H,15,16). The van der Waals surface area contributed by atoms with Crippen molar-refractivity contribution < 1.29 is 9.90 Å². The highest BCUT2D eigenvalue weighted by Crippen LogP contribution is 2.19. The number of nitrogens with zero attached hydrogens (tertiary/aromatic N) is 2. The minimum Gasteiger partial charge on any atom is -0.476 e. The molecule has 0 aliphatic carbocycles. The Kier molecular flexibility index (Phi) is 2.95. The second-order valence-electron chi connectivity index (χ2n) is 3.30. The molecule has 16 heavy (non-hydrogen) atoms. The number of rotatable bonds is 2. The third-order valence-electron chi connectivity index (χ3n) is 2.25. The normalized spacial score (nSPS) is 10.4. The van der Waals surface area contributed by atoms with Crippen molar-refractivity contribution in [2.24, 2.45) is 0 Å². The number of hydrogen-bond acceptors (Lipinski definition) is 2. The first-order valence-electron chi connectivity index (χ1n) is 4.65. The Morgan fingerprint density at radius 2 is 2.00 bits per heavy atom. The van der Waals surface area contributed by atoms with E-state index < -0.39 is 5.97 Å². The molecule has 0 spiro atoms. The zero-order chi connectivity index (χ0) is 11.7. The molecular weight excluding hydrogens is 319 g/mol. The summed E-state index contributed by atoms with van der Waals surface area (Å²) in [7, 11) is 0. The predicted molar refractivity (Wildman–Crippen MR) is 68.0 cm³/mol. The van der Waals surface area contributed by atoms with E-state index in [2.05, 4.69) is 5.10 Å². The fourth-order valence-electron chi connectivity index (χ4n) is 1.44. The van der Waals surface area contributed by atoms with Crippen LogP contribution in [-0.2, 0) is 0 Å². The molecule has 1 heterocycles. The Bertz CT molecular complexity index is 534. The smallest absolute Gasteiger partial charge is 0.357 e. The van der Waals surface area contributed by atoms with Crippen LogP contribution >= 0.6 is 22.6 Å². The van der Waals surface area contributed by atoms with Crippen molar-refractivity contribution in [2.45, 2.75) is 6.92 Å². The lowest BCUT2D eigenvalue weighted by Crippen LogP contribution is -2.02. The van der Waals surface area contributed by atoms with Crippen LogP contribution < -0.4 is 0 Å². The second-order valence-corrected chi connectivity index (χ2v) is 4.38. The van der Waals surface area contributed by atoms with E-state index in [1.165, 1.54) is 0 Å². The number of benzene rings is 1. The van der Waals surface area contributed by atoms with Gasteiger partial charge in [-0.05, 0) is 41.6 Å². The molecule has 5 heteroatoms. The molecule has 0 saturated carbocycles. The Balaban J connectivity index is 2.60. The van der Waals surface area contributed by atoms with E-state index in [1.54, 1.807) is 4.68 Å². The molecule has 1 N–H and O–H groups in total. The van der Waals surface area contributed by atoms with Crippen LogP contribution in [0.1, 0.15) is 16.2 Å². The summed E-state index contributed by atoms with van der Waals surface area (Å²) in [4.78, 5) is 10.9. The fraction of sp³-hybridized carbons (Fsp3) is 0.0909. The van der Waals surface area contributed by atoms with Gasteiger partial charge in [0.2, 0.25) is 0 Å². The molecule has 0 bridgehead atoms. The summed E-state index contributed by atoms with van der Waals surface area (Å²) < 4.78 is 2.32. The number of halogens is 1. The number of hydrogen-bond donors (Lipinski definition) is 1. The van der Waals surface area contributed by atoms with E-state index in [9.17, 15) is 4.79 Å². The summed E-state index contributed by atoms with van der Waals surface area (Å²) in [6.07, 6.45) is 0. The molecule has 0 amide bonds. The number of aromatic carboxylic acids is 1. The maximum atomic E-state index is 10.9. The van der Waals surface area contributed by atoms with Gasteiger partial charge < -0.3 is 5.11 Å². The van der Waals surface area contributed by atoms with Crippen LogP contribution in [0.15, 0.2) is 30.3 Å². The number of aromatic nitrogens is 2. The van der Waals surface area contributed by atoms with Gasteiger partial charge in [0.15, 0.2) is 5.69 Å². The highest BCUT2D eigenvalue weighted by Gasteiger charge is 2.18. The molecule has 4 nitrogen and oxygen atoms in total. The quantitative estimate of drug-likeness (QED) is 0.862. The number of carbonyl (C=O) groups is 1. The van der Waals surface area contributed by atoms with Gasteiger partial charge in [-0.3, -0.25) is 0 Å². The third-order valence-corrected chi connectivity index (χ3v) is 3.54. The van der Waals surface area contributed by atoms with Crippen molar-refractivity contribution >= 4 is 28.6 Å². The van der Waals surface area contributed by atoms with Crippen LogP contribution in [0.25, 0.3) is 5.69 Å². The summed E-state index contributed by atoms with van der Waals surface area (Å²) in [6.45, 7) is 1.86. The lowest BCUT2D eigenvalue weighted by atomic mass is 10.3. The van der Waals surface area contributed by atoms with Crippen LogP contribution in [0.2, 0.25) is 0 Å². The van der Waals surface area contributed by atoms with Gasteiger partial charge in [-0.2, -0.15) is 5.10 Å². The number of para-hydroxylation sites is 1. The van der Waals surface area contributed by atoms with Gasteiger partial charge in [-0.15, -0.1) is 0 Å². The molecular formula is C11H9IN2O2. The molecule has 0 saturated heterocycles. The molecule has 0 aliphatic heterocycles. The summed E-state index contributed by atoms with van der Waals surface area (Å²) >= 11 is 2.00. The minimum absolute atomic E-state index is 0.0990. The van der Waals surface area contributed by atoms with Crippen molar-refractivity contribution in [2.75, 3.05) is 0 Å². The average molecular weight is 328 g/mol. The van der Waals surface area contributed by atoms with Crippen molar-refractivity contribution in [3.05, 3.63) is 45.3 Å². The van der Waals surface area contributed by atoms with E-state index in [0.29, 0.717) is 3.57 Å². The monoisotopic (exact) mass is 328 g/mol. The highest BCUT2D eigenvalue weighted by atomic mass is 127. The number of carboxylic acids is 1. The van der Waals surface area contributed by atoms with Crippen molar-refractivity contribution in [1.29, 1.82) is 0 Å². The summed E-state index contributed by atoms with van der Waals surface area (Å²) in [6, 6.07) is 9.47. The van der Waals surface area contributed by atoms with Gasteiger partial charge in [0, 0.05) is 0 Å². The fourth-order valence-corrected chi connectivity index (χ4v) is 2.01. The summed E-state index contributed by atoms with van der Waals surface area (Å²) in [5, 5.41) is 13.1. The van der Waals surface area contributed by atoms with E-state index in [1.807, 2.05) is 59.8 Å². The van der Waals surface area contributed by atoms with Gasteiger partial charge in [0.05, 0.1) is 15.0 Å². The molecule has 0 unspecified atom stereocenters. The first kappa shape index (κ1) is 11.1. The van der Waals surface area contributed by atoms with Crippen LogP contribution in [0.4, 0.5) is 0 Å². The highest BCUT2D eigenvalue weighted by molar-refractivity contribution is 14.1. The first-order chi connectivity index (χ1) is 7.61. The van der Waals surface area contributed by atoms with Crippen molar-refractivity contribution in [3.63, 3.8) is 0 Å². The molecule has 0 atom stereocenters. The average Bonchev–Trinajstić information content (AvgIpc) is 2.58. The zero-order valence-corrected chi connectivity index (χ0v) is 10.7. The molecule has 2 aromatic rings. The van der Waals surface area contributed by atoms with E-state index >= 15 is 0 Å². The number of carboxylic acid groups (broad SMARTS) is 1. The topological polar surface area (TPSA) is 55.1 Å². The molecule has 1 aromatic carbocycles. The van der Waals surface area contributed by atoms with Gasteiger partial charge in [-0.25, -0.2) is 9.48 Å². The Morgan fingerprint density at radius 1 is 1.38 bits per heavy atom. The largest absolute Gasteiger partial charge is 0.476 e. The SMILES string of the molecule is Cc1c(I)c(C(=O)O)nn1-c1ccccc1. The molecule has 0 radical (unpaired) electrons. The van der Waals surface area contributed by atoms with Gasteiger partial charge in [0.25, 0.3) is 0 Å². The third kappa shape index (κ3) is 1.82. The van der Waals surface area contributed by atoms with Gasteiger partial charge in [-0.1, -0.05) is 18.2 Å². The second kappa shape index (κ2) is 4.25. The Morgan fingerprint density at radius 3 is 2.50 bits per heavy atom. The maximum absolute atomic E-state index is 10.9. The van der Waals surface area contributed by atoms with Gasteiger partial charge in [0.1, 0.15) is 0 Å². The summed E-state index contributed by atoms with van der Waals surface area (Å²) in [5.74, 6) is -0.998. The van der Waals surface area contributed by atoms with Gasteiger partial charge >= 0.3 is 5.97 Å². The predicted octanol–water partition coefficient (Wildman–Crippen LogP) is 2.48. The Hall–Kier alpha value is -1.37. The molecule has 0 fully saturated rings. The molecule has 0 aliphatic rings. The van der Waals surface area contributed by atoms with E-state index in [-0.39, 0.29) is 5.69 Å². The van der Waals surface area contributed by atoms with Crippen LogP contribution in [0, 0.1) is 10.5 Å². The molecule has 1 aromatic heterocycles. The maximum Gasteiger partial charge on any atom is 0.357 e. The molecule has 2 rings (SSSR count). The molecule has 82 valence electrons. The van der Waals surface area contributed by atoms with Crippen LogP contribution in [0.5, 0.6) is 0 Å². The lowest BCUT2D eigenvalue weighted by Gasteiger charge is -2.02. The van der Waals surface area contributed by atoms with Crippen LogP contribution in [0.3, 0.4) is 0 Å². The Labute approximate surface area is 106 Å². The van der Waals surface area contributed by atoms with Crippen LogP contribution in [-0.4, -0.2) is 20.9 Å². The lowest BCUT2D eigenvalue weighted by molar-refractivity contribution is 0.0689. The van der Waals surface area contributed by atoms with Crippen molar-refractivity contribution in [3.8, 4) is 5.69 Å². The van der Waals surface area contributed by atoms with Crippen molar-refractivity contribution in [1.82, 2.24) is 9.78 Å².